The lowest BCUT2D eigenvalue weighted by Crippen LogP contribution is -2.54. The molecule has 1 aromatic rings. The first-order chi connectivity index (χ1) is 18.2. The van der Waals surface area contributed by atoms with Gasteiger partial charge in [0.25, 0.3) is 0 Å². The first kappa shape index (κ1) is 30.6. The van der Waals surface area contributed by atoms with Crippen LogP contribution in [0.25, 0.3) is 0 Å². The number of amides is 2. The van der Waals surface area contributed by atoms with E-state index < -0.39 is 40.7 Å². The van der Waals surface area contributed by atoms with Gasteiger partial charge in [0.05, 0.1) is 5.60 Å². The van der Waals surface area contributed by atoms with Gasteiger partial charge in [-0.05, 0) is 83.2 Å². The van der Waals surface area contributed by atoms with E-state index in [2.05, 4.69) is 10.6 Å². The molecule has 3 N–H and O–H groups in total. The van der Waals surface area contributed by atoms with E-state index in [-0.39, 0.29) is 25.0 Å². The van der Waals surface area contributed by atoms with E-state index in [0.29, 0.717) is 70.2 Å². The van der Waals surface area contributed by atoms with Crippen LogP contribution in [0.3, 0.4) is 0 Å². The number of ether oxygens (including phenoxy) is 1. The number of nitrogens with one attached hydrogen (secondary N) is 2. The normalized spacial score (nSPS) is 24.6. The topological polar surface area (TPSA) is 73.8 Å². The Morgan fingerprint density at radius 1 is 1.18 bits per heavy atom. The lowest BCUT2D eigenvalue weighted by atomic mass is 9.74. The Morgan fingerprint density at radius 2 is 1.92 bits per heavy atom. The molecule has 1 saturated heterocycles. The van der Waals surface area contributed by atoms with Crippen LogP contribution in [0.2, 0.25) is 0 Å². The van der Waals surface area contributed by atoms with Crippen LogP contribution in [0.1, 0.15) is 69.8 Å². The van der Waals surface area contributed by atoms with E-state index >= 15 is 0 Å². The Kier molecular flexibility index (Phi) is 11.7. The molecule has 6 nitrogen and oxygen atoms in total. The molecule has 10 heteroatoms. The number of rotatable bonds is 12. The summed E-state index contributed by atoms with van der Waals surface area (Å²) in [5, 5.41) is 18.0. The molecule has 0 bridgehead atoms. The monoisotopic (exact) mass is 545 g/mol. The van der Waals surface area contributed by atoms with Crippen LogP contribution in [0.15, 0.2) is 12.1 Å². The van der Waals surface area contributed by atoms with Crippen molar-refractivity contribution in [1.29, 1.82) is 0 Å². The number of likely N-dealkylation sites (tertiary alicyclic amines) is 1. The zero-order chi connectivity index (χ0) is 27.7. The van der Waals surface area contributed by atoms with Gasteiger partial charge in [0.1, 0.15) is 12.0 Å². The van der Waals surface area contributed by atoms with Gasteiger partial charge in [-0.15, -0.1) is 0 Å². The molecule has 0 aromatic heterocycles. The largest absolute Gasteiger partial charge is 0.385 e. The molecule has 3 atom stereocenters. The molecule has 3 rings (SSSR count). The minimum Gasteiger partial charge on any atom is -0.385 e. The highest BCUT2D eigenvalue weighted by Crippen LogP contribution is 2.41. The van der Waals surface area contributed by atoms with Crippen molar-refractivity contribution < 1.29 is 32.2 Å². The van der Waals surface area contributed by atoms with Crippen LogP contribution < -0.4 is 10.6 Å². The number of halogens is 4. The number of carbonyl (C=O) groups excluding carboxylic acids is 1. The summed E-state index contributed by atoms with van der Waals surface area (Å²) >= 11 is 0. The van der Waals surface area contributed by atoms with Crippen LogP contribution >= 0.6 is 0 Å². The predicted molar refractivity (Wildman–Crippen MR) is 138 cm³/mol. The summed E-state index contributed by atoms with van der Waals surface area (Å²) in [6.45, 7) is 1.59. The summed E-state index contributed by atoms with van der Waals surface area (Å²) in [4.78, 5) is 14.9. The van der Waals surface area contributed by atoms with Crippen molar-refractivity contribution in [3.63, 3.8) is 0 Å². The summed E-state index contributed by atoms with van der Waals surface area (Å²) in [6, 6.07) is 0.897. The Morgan fingerprint density at radius 3 is 2.61 bits per heavy atom. The van der Waals surface area contributed by atoms with E-state index in [0.717, 1.165) is 25.3 Å². The quantitative estimate of drug-likeness (QED) is 0.196. The highest BCUT2D eigenvalue weighted by Gasteiger charge is 2.43. The Hall–Kier alpha value is -1.91. The molecule has 1 aromatic carbocycles. The lowest BCUT2D eigenvalue weighted by Gasteiger charge is -2.43. The first-order valence-electron chi connectivity index (χ1n) is 13.9. The third-order valence-corrected chi connectivity index (χ3v) is 8.17. The number of alkyl halides is 1. The summed E-state index contributed by atoms with van der Waals surface area (Å²) in [5.41, 5.74) is -2.26. The van der Waals surface area contributed by atoms with Gasteiger partial charge in [-0.2, -0.15) is 0 Å². The van der Waals surface area contributed by atoms with Crippen molar-refractivity contribution in [1.82, 2.24) is 15.5 Å². The number of urea groups is 1. The van der Waals surface area contributed by atoms with E-state index in [1.54, 1.807) is 12.0 Å². The molecule has 3 unspecified atom stereocenters. The zero-order valence-electron chi connectivity index (χ0n) is 22.6. The number of carbonyl (C=O) groups is 1. The summed E-state index contributed by atoms with van der Waals surface area (Å²) in [6.07, 6.45) is 4.88. The van der Waals surface area contributed by atoms with Gasteiger partial charge in [-0.25, -0.2) is 22.4 Å². The molecule has 0 spiro atoms. The van der Waals surface area contributed by atoms with Gasteiger partial charge in [-0.1, -0.05) is 0 Å². The van der Waals surface area contributed by atoms with Crippen molar-refractivity contribution in [2.75, 3.05) is 40.4 Å². The van der Waals surface area contributed by atoms with Crippen molar-refractivity contribution in [3.8, 4) is 0 Å². The standard InChI is InChI=1S/C28H43F4N3O3/c1-33-17-23(14-19-7-9-21(29)10-8-19)34-27(36)35-12-5-6-20(18-35)28(37,11-3-4-13-38-2)24-15-22(30)16-25(31)26(24)32/h15-16,19-21,23,33,37H,3-14,17-18H2,1-2H3,(H,34,36). The second kappa shape index (κ2) is 14.5. The predicted octanol–water partition coefficient (Wildman–Crippen LogP) is 5.04. The second-order valence-corrected chi connectivity index (χ2v) is 11.0. The molecule has 216 valence electrons. The van der Waals surface area contributed by atoms with Crippen molar-refractivity contribution in [2.45, 2.75) is 82.0 Å². The highest BCUT2D eigenvalue weighted by atomic mass is 19.2. The molecule has 38 heavy (non-hydrogen) atoms. The third-order valence-electron chi connectivity index (χ3n) is 8.17. The van der Waals surface area contributed by atoms with Gasteiger partial charge in [0.15, 0.2) is 11.6 Å². The molecule has 1 saturated carbocycles. The van der Waals surface area contributed by atoms with Crippen molar-refractivity contribution >= 4 is 6.03 Å². The van der Waals surface area contributed by atoms with Gasteiger partial charge >= 0.3 is 6.03 Å². The van der Waals surface area contributed by atoms with Gasteiger partial charge < -0.3 is 25.4 Å². The molecule has 1 heterocycles. The molecular formula is C28H43F4N3O3. The average Bonchev–Trinajstić information content (AvgIpc) is 2.90. The fourth-order valence-electron chi connectivity index (χ4n) is 6.09. The van der Waals surface area contributed by atoms with Crippen molar-refractivity contribution in [2.24, 2.45) is 11.8 Å². The fraction of sp³-hybridized carbons (Fsp3) is 0.750. The van der Waals surface area contributed by atoms with Gasteiger partial charge in [0, 0.05) is 56.9 Å². The first-order valence-corrected chi connectivity index (χ1v) is 13.9. The van der Waals surface area contributed by atoms with Gasteiger partial charge in [-0.3, -0.25) is 0 Å². The maximum Gasteiger partial charge on any atom is 0.317 e. The maximum atomic E-state index is 14.9. The van der Waals surface area contributed by atoms with Gasteiger partial charge in [0.2, 0.25) is 0 Å². The lowest BCUT2D eigenvalue weighted by molar-refractivity contribution is -0.0594. The van der Waals surface area contributed by atoms with Crippen LogP contribution in [-0.4, -0.2) is 68.6 Å². The van der Waals surface area contributed by atoms with E-state index in [4.69, 9.17) is 4.74 Å². The number of aliphatic hydroxyl groups is 1. The molecule has 1 aliphatic carbocycles. The molecule has 2 aliphatic rings. The molecular weight excluding hydrogens is 502 g/mol. The Balaban J connectivity index is 1.74. The number of benzene rings is 1. The number of methoxy groups -OCH3 is 1. The third kappa shape index (κ3) is 8.05. The van der Waals surface area contributed by atoms with E-state index in [9.17, 15) is 27.5 Å². The van der Waals surface area contributed by atoms with Crippen molar-refractivity contribution in [3.05, 3.63) is 35.1 Å². The smallest absolute Gasteiger partial charge is 0.317 e. The minimum absolute atomic E-state index is 0.0793. The number of piperidine rings is 1. The Bertz CT molecular complexity index is 900. The molecule has 2 amide bonds. The van der Waals surface area contributed by atoms with Crippen LogP contribution in [0.4, 0.5) is 22.4 Å². The number of likely N-dealkylation sites (N-methyl/N-ethyl adjacent to an activating group) is 1. The summed E-state index contributed by atoms with van der Waals surface area (Å²) < 4.78 is 61.9. The summed E-state index contributed by atoms with van der Waals surface area (Å²) in [7, 11) is 3.36. The molecule has 2 fully saturated rings. The van der Waals surface area contributed by atoms with Crippen LogP contribution in [0.5, 0.6) is 0 Å². The Labute approximate surface area is 223 Å². The fourth-order valence-corrected chi connectivity index (χ4v) is 6.09. The number of unbranched alkanes of at least 4 members (excludes halogenated alkanes) is 1. The van der Waals surface area contributed by atoms with E-state index in [1.165, 1.54) is 0 Å². The summed E-state index contributed by atoms with van der Waals surface area (Å²) in [5.74, 6) is -3.84. The highest BCUT2D eigenvalue weighted by molar-refractivity contribution is 5.74. The maximum absolute atomic E-state index is 14.9. The average molecular weight is 546 g/mol. The molecule has 0 radical (unpaired) electrons. The zero-order valence-corrected chi connectivity index (χ0v) is 22.6. The minimum atomic E-state index is -1.85. The second-order valence-electron chi connectivity index (χ2n) is 11.0. The number of nitrogens with zero attached hydrogens (tertiary/aromatic N) is 1. The SMILES string of the molecule is CNCC(CC1CCC(F)CC1)NC(=O)N1CCCC(C(O)(CCCCOC)c2cc(F)cc(F)c2F)C1. The number of hydrogen-bond donors (Lipinski definition) is 3. The van der Waals surface area contributed by atoms with Crippen LogP contribution in [-0.2, 0) is 10.3 Å². The molecule has 1 aliphatic heterocycles. The van der Waals surface area contributed by atoms with Crippen LogP contribution in [0, 0.1) is 29.3 Å². The van der Waals surface area contributed by atoms with E-state index in [1.807, 2.05) is 7.05 Å². The number of hydrogen-bond acceptors (Lipinski definition) is 4.